The summed E-state index contributed by atoms with van der Waals surface area (Å²) in [4.78, 5) is 12.7. The molecule has 2 atom stereocenters. The highest BCUT2D eigenvalue weighted by atomic mass is 19.1. The Morgan fingerprint density at radius 3 is 2.90 bits per heavy atom. The Labute approximate surface area is 118 Å². The Hall–Kier alpha value is -1.84. The summed E-state index contributed by atoms with van der Waals surface area (Å²) in [6.45, 7) is 5.08. The van der Waals surface area contributed by atoms with Gasteiger partial charge in [0.15, 0.2) is 0 Å². The largest absolute Gasteiger partial charge is 0.478 e. The van der Waals surface area contributed by atoms with Gasteiger partial charge in [0.1, 0.15) is 5.82 Å². The second-order valence-electron chi connectivity index (χ2n) is 5.40. The van der Waals surface area contributed by atoms with Crippen LogP contribution in [-0.2, 0) is 4.79 Å². The van der Waals surface area contributed by atoms with Gasteiger partial charge in [-0.05, 0) is 37.8 Å². The molecule has 1 fully saturated rings. The van der Waals surface area contributed by atoms with Crippen molar-refractivity contribution in [2.45, 2.75) is 32.7 Å². The number of carboxylic acid groups (broad SMARTS) is 1. The third kappa shape index (κ3) is 3.00. The van der Waals surface area contributed by atoms with Gasteiger partial charge in [-0.15, -0.1) is 0 Å². The van der Waals surface area contributed by atoms with Crippen LogP contribution in [0.3, 0.4) is 0 Å². The topological polar surface area (TPSA) is 40.5 Å². The summed E-state index contributed by atoms with van der Waals surface area (Å²) in [5, 5.41) is 8.75. The molecule has 2 rings (SSSR count). The second-order valence-corrected chi connectivity index (χ2v) is 5.40. The smallest absolute Gasteiger partial charge is 0.328 e. The van der Waals surface area contributed by atoms with Crippen LogP contribution < -0.4 is 4.90 Å². The molecule has 20 heavy (non-hydrogen) atoms. The van der Waals surface area contributed by atoms with Crippen LogP contribution in [0.1, 0.15) is 32.3 Å². The van der Waals surface area contributed by atoms with E-state index >= 15 is 0 Å². The van der Waals surface area contributed by atoms with Gasteiger partial charge in [-0.3, -0.25) is 0 Å². The monoisotopic (exact) mass is 277 g/mol. The van der Waals surface area contributed by atoms with Crippen LogP contribution in [0.25, 0.3) is 6.08 Å². The summed E-state index contributed by atoms with van der Waals surface area (Å²) in [6, 6.07) is 5.04. The third-order valence-corrected chi connectivity index (χ3v) is 4.08. The first-order chi connectivity index (χ1) is 9.50. The molecular formula is C16H20FNO2. The van der Waals surface area contributed by atoms with Gasteiger partial charge in [0.05, 0.1) is 5.69 Å². The maximum Gasteiger partial charge on any atom is 0.328 e. The number of anilines is 1. The molecule has 1 N–H and O–H groups in total. The van der Waals surface area contributed by atoms with E-state index in [9.17, 15) is 9.18 Å². The lowest BCUT2D eigenvalue weighted by molar-refractivity contribution is -0.131. The van der Waals surface area contributed by atoms with Crippen LogP contribution >= 0.6 is 0 Å². The van der Waals surface area contributed by atoms with Gasteiger partial charge in [0.2, 0.25) is 0 Å². The fourth-order valence-corrected chi connectivity index (χ4v) is 2.78. The van der Waals surface area contributed by atoms with Crippen molar-refractivity contribution < 1.29 is 14.3 Å². The van der Waals surface area contributed by atoms with E-state index in [1.54, 1.807) is 12.1 Å². The van der Waals surface area contributed by atoms with Gasteiger partial charge in [-0.1, -0.05) is 19.1 Å². The molecule has 108 valence electrons. The molecule has 4 heteroatoms. The standard InChI is InChI=1S/C16H20FNO2/c1-11-5-4-10-18(12(11)2)16-13(8-9-15(19)20)6-3-7-14(16)17/h3,6-9,11-12H,4-5,10H2,1-2H3,(H,19,20)/b9-8+. The lowest BCUT2D eigenvalue weighted by Gasteiger charge is -2.40. The molecule has 0 spiro atoms. The highest BCUT2D eigenvalue weighted by Crippen LogP contribution is 2.33. The lowest BCUT2D eigenvalue weighted by Crippen LogP contribution is -2.43. The van der Waals surface area contributed by atoms with Crippen molar-refractivity contribution in [2.75, 3.05) is 11.4 Å². The number of hydrogen-bond donors (Lipinski definition) is 1. The fourth-order valence-electron chi connectivity index (χ4n) is 2.78. The van der Waals surface area contributed by atoms with Crippen molar-refractivity contribution in [3.63, 3.8) is 0 Å². The molecule has 3 nitrogen and oxygen atoms in total. The predicted octanol–water partition coefficient (Wildman–Crippen LogP) is 3.55. The highest BCUT2D eigenvalue weighted by molar-refractivity contribution is 5.87. The van der Waals surface area contributed by atoms with Crippen molar-refractivity contribution >= 4 is 17.7 Å². The Balaban J connectivity index is 2.41. The first-order valence-electron chi connectivity index (χ1n) is 6.97. The number of carboxylic acids is 1. The molecule has 2 unspecified atom stereocenters. The van der Waals surface area contributed by atoms with Crippen molar-refractivity contribution in [1.29, 1.82) is 0 Å². The Kier molecular flexibility index (Phi) is 4.42. The molecule has 1 aromatic rings. The summed E-state index contributed by atoms with van der Waals surface area (Å²) >= 11 is 0. The Morgan fingerprint density at radius 2 is 2.20 bits per heavy atom. The number of piperidine rings is 1. The maximum atomic E-state index is 14.2. The van der Waals surface area contributed by atoms with Gasteiger partial charge in [0.25, 0.3) is 0 Å². The number of carbonyl (C=O) groups is 1. The minimum absolute atomic E-state index is 0.248. The van der Waals surface area contributed by atoms with Gasteiger partial charge in [0, 0.05) is 24.2 Å². The van der Waals surface area contributed by atoms with Crippen LogP contribution in [0.4, 0.5) is 10.1 Å². The van der Waals surface area contributed by atoms with E-state index in [2.05, 4.69) is 18.7 Å². The molecule has 1 aliphatic rings. The first kappa shape index (κ1) is 14.6. The third-order valence-electron chi connectivity index (χ3n) is 4.08. The summed E-state index contributed by atoms with van der Waals surface area (Å²) in [5.41, 5.74) is 1.14. The number of para-hydroxylation sites is 1. The van der Waals surface area contributed by atoms with E-state index in [0.717, 1.165) is 25.5 Å². The summed E-state index contributed by atoms with van der Waals surface area (Å²) in [7, 11) is 0. The molecule has 1 heterocycles. The van der Waals surface area contributed by atoms with Gasteiger partial charge in [-0.2, -0.15) is 0 Å². The van der Waals surface area contributed by atoms with Crippen molar-refractivity contribution in [3.8, 4) is 0 Å². The quantitative estimate of drug-likeness (QED) is 0.859. The predicted molar refractivity (Wildman–Crippen MR) is 78.3 cm³/mol. The Morgan fingerprint density at radius 1 is 1.45 bits per heavy atom. The van der Waals surface area contributed by atoms with Crippen molar-refractivity contribution in [3.05, 3.63) is 35.7 Å². The fraction of sp³-hybridized carbons (Fsp3) is 0.438. The molecule has 0 amide bonds. The van der Waals surface area contributed by atoms with E-state index in [1.807, 2.05) is 0 Å². The van der Waals surface area contributed by atoms with Crippen molar-refractivity contribution in [1.82, 2.24) is 0 Å². The molecular weight excluding hydrogens is 257 g/mol. The van der Waals surface area contributed by atoms with Gasteiger partial charge < -0.3 is 10.0 Å². The minimum Gasteiger partial charge on any atom is -0.478 e. The van der Waals surface area contributed by atoms with E-state index in [1.165, 1.54) is 12.1 Å². The minimum atomic E-state index is -1.03. The van der Waals surface area contributed by atoms with Gasteiger partial charge >= 0.3 is 5.97 Å². The zero-order chi connectivity index (χ0) is 14.7. The number of benzene rings is 1. The van der Waals surface area contributed by atoms with E-state index in [4.69, 9.17) is 5.11 Å². The molecule has 1 saturated heterocycles. The number of rotatable bonds is 3. The van der Waals surface area contributed by atoms with E-state index in [0.29, 0.717) is 17.2 Å². The molecule has 1 aromatic carbocycles. The second kappa shape index (κ2) is 6.07. The average molecular weight is 277 g/mol. The zero-order valence-corrected chi connectivity index (χ0v) is 11.8. The van der Waals surface area contributed by atoms with Crippen molar-refractivity contribution in [2.24, 2.45) is 5.92 Å². The molecule has 0 aliphatic carbocycles. The molecule has 0 aromatic heterocycles. The van der Waals surface area contributed by atoms with Crippen LogP contribution in [0.2, 0.25) is 0 Å². The molecule has 0 bridgehead atoms. The van der Waals surface area contributed by atoms with E-state index < -0.39 is 5.97 Å². The Bertz CT molecular complexity index is 527. The van der Waals surface area contributed by atoms with Crippen LogP contribution in [0, 0.1) is 11.7 Å². The number of hydrogen-bond acceptors (Lipinski definition) is 2. The van der Waals surface area contributed by atoms with Gasteiger partial charge in [-0.25, -0.2) is 9.18 Å². The first-order valence-corrected chi connectivity index (χ1v) is 6.97. The molecule has 0 radical (unpaired) electrons. The zero-order valence-electron chi connectivity index (χ0n) is 11.8. The highest BCUT2D eigenvalue weighted by Gasteiger charge is 2.27. The molecule has 0 saturated carbocycles. The molecule has 1 aliphatic heterocycles. The van der Waals surface area contributed by atoms with E-state index in [-0.39, 0.29) is 11.9 Å². The normalized spacial score (nSPS) is 23.2. The number of halogens is 1. The van der Waals surface area contributed by atoms with Crippen LogP contribution in [0.15, 0.2) is 24.3 Å². The van der Waals surface area contributed by atoms with Crippen LogP contribution in [-0.4, -0.2) is 23.7 Å². The number of nitrogens with zero attached hydrogens (tertiary/aromatic N) is 1. The lowest BCUT2D eigenvalue weighted by atomic mass is 9.91. The van der Waals surface area contributed by atoms with Crippen LogP contribution in [0.5, 0.6) is 0 Å². The number of aliphatic carboxylic acids is 1. The maximum absolute atomic E-state index is 14.2. The summed E-state index contributed by atoms with van der Waals surface area (Å²) in [6.07, 6.45) is 4.69. The summed E-state index contributed by atoms with van der Waals surface area (Å²) in [5.74, 6) is -0.821. The summed E-state index contributed by atoms with van der Waals surface area (Å²) < 4.78 is 14.2. The SMILES string of the molecule is CC1CCCN(c2c(F)cccc2/C=C/C(=O)O)C1C. The average Bonchev–Trinajstić information content (AvgIpc) is 2.40.